The molecule has 4 N–H and O–H groups in total. The van der Waals surface area contributed by atoms with E-state index in [2.05, 4.69) is 40.2 Å². The van der Waals surface area contributed by atoms with Gasteiger partial charge in [-0.1, -0.05) is 0 Å². The topological polar surface area (TPSA) is 136 Å². The zero-order chi connectivity index (χ0) is 27.9. The van der Waals surface area contributed by atoms with Gasteiger partial charge in [-0.05, 0) is 38.8 Å². The van der Waals surface area contributed by atoms with Crippen LogP contribution >= 0.6 is 0 Å². The zero-order valence-corrected chi connectivity index (χ0v) is 22.0. The number of aromatic nitrogens is 7. The van der Waals surface area contributed by atoms with Crippen molar-refractivity contribution in [2.75, 3.05) is 26.7 Å². The number of ether oxygens (including phenoxy) is 1. The number of likely N-dealkylation sites (tertiary alicyclic amines) is 1. The van der Waals surface area contributed by atoms with Crippen molar-refractivity contribution in [2.24, 2.45) is 5.73 Å². The monoisotopic (exact) mass is 556 g/mol. The highest BCUT2D eigenvalue weighted by Gasteiger charge is 2.48. The van der Waals surface area contributed by atoms with Crippen molar-refractivity contribution in [1.29, 1.82) is 0 Å². The van der Waals surface area contributed by atoms with Crippen LogP contribution in [0.4, 0.5) is 13.2 Å². The molecule has 0 unspecified atom stereocenters. The Hall–Kier alpha value is -3.62. The molecule has 11 nitrogen and oxygen atoms in total. The fourth-order valence-corrected chi connectivity index (χ4v) is 5.79. The maximum atomic E-state index is 13.3. The molecular formula is C26H31F3N10O. The van der Waals surface area contributed by atoms with Crippen LogP contribution in [0.5, 0.6) is 5.88 Å². The molecule has 4 aromatic heterocycles. The number of halogens is 3. The fourth-order valence-electron chi connectivity index (χ4n) is 5.79. The minimum Gasteiger partial charge on any atom is -0.474 e. The van der Waals surface area contributed by atoms with Gasteiger partial charge in [-0.15, -0.1) is 0 Å². The first kappa shape index (κ1) is 26.6. The lowest BCUT2D eigenvalue weighted by Gasteiger charge is -2.52. The van der Waals surface area contributed by atoms with Crippen LogP contribution in [0, 0.1) is 0 Å². The number of hydrogen-bond acceptors (Lipinski definition) is 9. The molecule has 14 heteroatoms. The summed E-state index contributed by atoms with van der Waals surface area (Å²) in [4.78, 5) is 21.5. The van der Waals surface area contributed by atoms with Crippen LogP contribution in [0.2, 0.25) is 0 Å². The van der Waals surface area contributed by atoms with Crippen molar-refractivity contribution in [2.45, 2.75) is 56.1 Å². The molecule has 0 atom stereocenters. The average molecular weight is 557 g/mol. The molecular weight excluding hydrogens is 525 g/mol. The molecule has 0 amide bonds. The maximum absolute atomic E-state index is 13.3. The van der Waals surface area contributed by atoms with E-state index in [1.807, 2.05) is 29.3 Å². The number of nitrogens with one attached hydrogen (secondary N) is 2. The lowest BCUT2D eigenvalue weighted by Crippen LogP contribution is -2.61. The van der Waals surface area contributed by atoms with E-state index in [1.54, 1.807) is 7.05 Å². The van der Waals surface area contributed by atoms with Gasteiger partial charge in [0.15, 0.2) is 0 Å². The maximum Gasteiger partial charge on any atom is 0.451 e. The number of aromatic amines is 1. The Morgan fingerprint density at radius 1 is 1.20 bits per heavy atom. The summed E-state index contributed by atoms with van der Waals surface area (Å²) in [5.74, 6) is -1.22. The van der Waals surface area contributed by atoms with E-state index in [-0.39, 0.29) is 29.8 Å². The third kappa shape index (κ3) is 5.02. The van der Waals surface area contributed by atoms with Crippen LogP contribution in [0.3, 0.4) is 0 Å². The number of nitrogens with zero attached hydrogens (tertiary/aromatic N) is 7. The molecule has 0 radical (unpaired) electrons. The van der Waals surface area contributed by atoms with Gasteiger partial charge in [0.1, 0.15) is 18.1 Å². The minimum absolute atomic E-state index is 0.0353. The second-order valence-corrected chi connectivity index (χ2v) is 10.5. The quantitative estimate of drug-likeness (QED) is 0.299. The van der Waals surface area contributed by atoms with E-state index in [1.165, 1.54) is 12.4 Å². The summed E-state index contributed by atoms with van der Waals surface area (Å²) >= 11 is 0. The zero-order valence-electron chi connectivity index (χ0n) is 22.0. The second-order valence-electron chi connectivity index (χ2n) is 10.5. The van der Waals surface area contributed by atoms with Gasteiger partial charge in [-0.3, -0.25) is 9.58 Å². The van der Waals surface area contributed by atoms with E-state index < -0.39 is 12.0 Å². The SMILES string of the molecule is CNCc1cc(OC2CCN(C3CC(CN)(n4cc(-c5ncnc6[nH]ccc56)cn4)C3)CC2)nc(C(F)(F)F)n1. The van der Waals surface area contributed by atoms with Crippen LogP contribution in [-0.2, 0) is 18.3 Å². The first-order valence-electron chi connectivity index (χ1n) is 13.3. The molecule has 1 aliphatic carbocycles. The third-order valence-electron chi connectivity index (χ3n) is 7.95. The second kappa shape index (κ2) is 10.4. The molecule has 4 aromatic rings. The summed E-state index contributed by atoms with van der Waals surface area (Å²) in [5.41, 5.74) is 8.77. The molecule has 1 saturated carbocycles. The Morgan fingerprint density at radius 2 is 2.00 bits per heavy atom. The number of nitrogens with two attached hydrogens (primary N) is 1. The normalized spacial score (nSPS) is 22.5. The van der Waals surface area contributed by atoms with E-state index in [4.69, 9.17) is 10.5 Å². The van der Waals surface area contributed by atoms with Crippen molar-refractivity contribution in [3.8, 4) is 17.1 Å². The smallest absolute Gasteiger partial charge is 0.451 e. The number of rotatable bonds is 8. The van der Waals surface area contributed by atoms with Gasteiger partial charge in [0.25, 0.3) is 0 Å². The molecule has 6 rings (SSSR count). The molecule has 2 aliphatic rings. The van der Waals surface area contributed by atoms with E-state index in [0.29, 0.717) is 25.4 Å². The molecule has 0 bridgehead atoms. The van der Waals surface area contributed by atoms with Crippen molar-refractivity contribution in [3.05, 3.63) is 48.6 Å². The summed E-state index contributed by atoms with van der Waals surface area (Å²) in [7, 11) is 1.65. The minimum atomic E-state index is -4.64. The number of hydrogen-bond donors (Lipinski definition) is 3. The number of piperidine rings is 1. The average Bonchev–Trinajstić information content (AvgIpc) is 3.59. The van der Waals surface area contributed by atoms with Gasteiger partial charge < -0.3 is 20.8 Å². The van der Waals surface area contributed by atoms with E-state index in [0.717, 1.165) is 48.2 Å². The van der Waals surface area contributed by atoms with Crippen molar-refractivity contribution >= 4 is 11.0 Å². The Morgan fingerprint density at radius 3 is 2.73 bits per heavy atom. The summed E-state index contributed by atoms with van der Waals surface area (Å²) in [6.45, 7) is 2.23. The first-order valence-corrected chi connectivity index (χ1v) is 13.3. The number of alkyl halides is 3. The first-order chi connectivity index (χ1) is 19.3. The Balaban J connectivity index is 1.07. The predicted molar refractivity (Wildman–Crippen MR) is 140 cm³/mol. The van der Waals surface area contributed by atoms with Crippen LogP contribution in [0.25, 0.3) is 22.3 Å². The van der Waals surface area contributed by atoms with Crippen LogP contribution in [0.15, 0.2) is 37.1 Å². The Labute approximate surface area is 228 Å². The van der Waals surface area contributed by atoms with Gasteiger partial charge in [0.05, 0.1) is 23.1 Å². The highest BCUT2D eigenvalue weighted by molar-refractivity contribution is 5.89. The third-order valence-corrected chi connectivity index (χ3v) is 7.95. The van der Waals surface area contributed by atoms with Crippen molar-refractivity contribution in [3.63, 3.8) is 0 Å². The predicted octanol–water partition coefficient (Wildman–Crippen LogP) is 2.71. The lowest BCUT2D eigenvalue weighted by atomic mass is 9.71. The highest BCUT2D eigenvalue weighted by atomic mass is 19.4. The molecule has 40 heavy (non-hydrogen) atoms. The van der Waals surface area contributed by atoms with E-state index in [9.17, 15) is 13.2 Å². The van der Waals surface area contributed by atoms with Crippen LogP contribution in [-0.4, -0.2) is 78.4 Å². The standard InChI is InChI=1S/C26H31F3N10O/c1-31-12-17-8-21(37-24(36-17)26(27,28)29)40-19-3-6-38(7-4-19)18-9-25(10-18,14-30)39-13-16(11-35-39)22-20-2-5-32-23(20)34-15-33-22/h2,5,8,11,13,15,18-19,31H,3-4,6-7,9-10,12,14,30H2,1H3,(H,32,33,34). The van der Waals surface area contributed by atoms with Crippen molar-refractivity contribution < 1.29 is 17.9 Å². The van der Waals surface area contributed by atoms with Gasteiger partial charge in [-0.2, -0.15) is 23.3 Å². The van der Waals surface area contributed by atoms with Crippen molar-refractivity contribution in [1.82, 2.24) is 44.9 Å². The number of fused-ring (bicyclic) bond motifs is 1. The molecule has 0 spiro atoms. The highest BCUT2D eigenvalue weighted by Crippen LogP contribution is 2.43. The fraction of sp³-hybridized carbons (Fsp3) is 0.500. The molecule has 2 fully saturated rings. The Kier molecular flexibility index (Phi) is 6.92. The van der Waals surface area contributed by atoms with Gasteiger partial charge in [-0.25, -0.2) is 15.0 Å². The van der Waals surface area contributed by atoms with Crippen LogP contribution < -0.4 is 15.8 Å². The largest absolute Gasteiger partial charge is 0.474 e. The summed E-state index contributed by atoms with van der Waals surface area (Å²) in [6, 6.07) is 3.78. The van der Waals surface area contributed by atoms with Gasteiger partial charge >= 0.3 is 6.18 Å². The molecule has 5 heterocycles. The summed E-state index contributed by atoms with van der Waals surface area (Å²) in [6.07, 6.45) is 5.51. The summed E-state index contributed by atoms with van der Waals surface area (Å²) in [5, 5.41) is 8.42. The van der Waals surface area contributed by atoms with Crippen LogP contribution in [0.1, 0.15) is 37.2 Å². The molecule has 1 saturated heterocycles. The number of H-pyrrole nitrogens is 1. The molecule has 0 aromatic carbocycles. The van der Waals surface area contributed by atoms with E-state index >= 15 is 0 Å². The van der Waals surface area contributed by atoms with Gasteiger partial charge in [0, 0.05) is 61.6 Å². The molecule has 212 valence electrons. The Bertz CT molecular complexity index is 1470. The summed E-state index contributed by atoms with van der Waals surface area (Å²) < 4.78 is 47.7. The molecule has 1 aliphatic heterocycles. The van der Waals surface area contributed by atoms with Gasteiger partial charge in [0.2, 0.25) is 11.7 Å². The lowest BCUT2D eigenvalue weighted by molar-refractivity contribution is -0.145.